The van der Waals surface area contributed by atoms with Gasteiger partial charge in [-0.15, -0.1) is 0 Å². The third kappa shape index (κ3) is 2.46. The van der Waals surface area contributed by atoms with Crippen molar-refractivity contribution in [1.29, 1.82) is 0 Å². The highest BCUT2D eigenvalue weighted by Crippen LogP contribution is 2.31. The number of carbonyl (C=O) groups is 1. The fourth-order valence-electron chi connectivity index (χ4n) is 1.91. The van der Waals surface area contributed by atoms with Crippen LogP contribution in [0.2, 0.25) is 5.02 Å². The number of carboxylic acids is 1. The summed E-state index contributed by atoms with van der Waals surface area (Å²) in [6.07, 6.45) is 0.877. The summed E-state index contributed by atoms with van der Waals surface area (Å²) in [4.78, 5) is 10.5. The van der Waals surface area contributed by atoms with Crippen molar-refractivity contribution in [3.8, 4) is 0 Å². The van der Waals surface area contributed by atoms with Crippen LogP contribution >= 0.6 is 11.6 Å². The molecule has 1 heterocycles. The van der Waals surface area contributed by atoms with Crippen LogP contribution in [0.1, 0.15) is 18.0 Å². The third-order valence-corrected chi connectivity index (χ3v) is 2.87. The normalized spacial score (nSPS) is 18.7. The number of carboxylic acid groups (broad SMARTS) is 1. The quantitative estimate of drug-likeness (QED) is 0.755. The molecule has 16 heavy (non-hydrogen) atoms. The predicted octanol–water partition coefficient (Wildman–Crippen LogP) is 1.87. The summed E-state index contributed by atoms with van der Waals surface area (Å²) in [5.41, 5.74) is 2.07. The third-order valence-electron chi connectivity index (χ3n) is 2.64. The topological polar surface area (TPSA) is 61.4 Å². The molecular weight excluding hydrogens is 228 g/mol. The number of aliphatic carboxylic acids is 1. The highest BCUT2D eigenvalue weighted by atomic mass is 35.5. The van der Waals surface area contributed by atoms with E-state index in [1.165, 1.54) is 0 Å². The first-order valence-corrected chi connectivity index (χ1v) is 5.53. The van der Waals surface area contributed by atoms with E-state index < -0.39 is 5.97 Å². The van der Waals surface area contributed by atoms with Crippen molar-refractivity contribution >= 4 is 23.3 Å². The maximum atomic E-state index is 10.5. The van der Waals surface area contributed by atoms with Gasteiger partial charge in [0.15, 0.2) is 0 Å². The van der Waals surface area contributed by atoms with Crippen LogP contribution in [-0.4, -0.2) is 24.2 Å². The average molecular weight is 241 g/mol. The molecule has 1 aliphatic rings. The summed E-state index contributed by atoms with van der Waals surface area (Å²) in [7, 11) is 0. The van der Waals surface area contributed by atoms with E-state index in [2.05, 4.69) is 10.6 Å². The molecular formula is C11H13ClN2O2. The lowest BCUT2D eigenvalue weighted by atomic mass is 9.98. The predicted molar refractivity (Wildman–Crippen MR) is 62.9 cm³/mol. The van der Waals surface area contributed by atoms with E-state index in [0.29, 0.717) is 5.02 Å². The van der Waals surface area contributed by atoms with Gasteiger partial charge < -0.3 is 10.4 Å². The molecule has 0 amide bonds. The zero-order valence-electron chi connectivity index (χ0n) is 8.66. The Hall–Kier alpha value is -1.26. The summed E-state index contributed by atoms with van der Waals surface area (Å²) in [5.74, 6) is -0.839. The SMILES string of the molecule is O=C(O)CNC1CCNc2cc(Cl)ccc21. The minimum absolute atomic E-state index is 0.0211. The maximum absolute atomic E-state index is 10.5. The van der Waals surface area contributed by atoms with Gasteiger partial charge in [0.1, 0.15) is 0 Å². The Bertz CT molecular complexity index is 409. The maximum Gasteiger partial charge on any atom is 0.317 e. The fraction of sp³-hybridized carbons (Fsp3) is 0.364. The van der Waals surface area contributed by atoms with Gasteiger partial charge in [0.05, 0.1) is 6.54 Å². The number of hydrogen-bond acceptors (Lipinski definition) is 3. The second-order valence-electron chi connectivity index (χ2n) is 3.77. The Morgan fingerprint density at radius 3 is 3.19 bits per heavy atom. The van der Waals surface area contributed by atoms with Gasteiger partial charge in [-0.05, 0) is 24.1 Å². The Labute approximate surface area is 98.6 Å². The molecule has 3 N–H and O–H groups in total. The van der Waals surface area contributed by atoms with E-state index in [9.17, 15) is 4.79 Å². The number of fused-ring (bicyclic) bond motifs is 1. The number of nitrogens with one attached hydrogen (secondary N) is 2. The largest absolute Gasteiger partial charge is 0.480 e. The fourth-order valence-corrected chi connectivity index (χ4v) is 2.09. The van der Waals surface area contributed by atoms with Crippen molar-refractivity contribution in [1.82, 2.24) is 5.32 Å². The van der Waals surface area contributed by atoms with Crippen LogP contribution in [0.3, 0.4) is 0 Å². The highest BCUT2D eigenvalue weighted by molar-refractivity contribution is 6.30. The lowest BCUT2D eigenvalue weighted by molar-refractivity contribution is -0.136. The van der Waals surface area contributed by atoms with E-state index in [4.69, 9.17) is 16.7 Å². The molecule has 1 aliphatic heterocycles. The number of anilines is 1. The number of hydrogen-bond donors (Lipinski definition) is 3. The molecule has 1 aromatic carbocycles. The van der Waals surface area contributed by atoms with Gasteiger partial charge in [-0.25, -0.2) is 0 Å². The molecule has 1 aromatic rings. The van der Waals surface area contributed by atoms with Crippen molar-refractivity contribution < 1.29 is 9.90 Å². The molecule has 0 aliphatic carbocycles. The molecule has 0 fully saturated rings. The molecule has 86 valence electrons. The number of halogens is 1. The summed E-state index contributed by atoms with van der Waals surface area (Å²) < 4.78 is 0. The summed E-state index contributed by atoms with van der Waals surface area (Å²) >= 11 is 5.90. The average Bonchev–Trinajstić information content (AvgIpc) is 2.25. The second-order valence-corrected chi connectivity index (χ2v) is 4.21. The van der Waals surface area contributed by atoms with Gasteiger partial charge in [-0.2, -0.15) is 0 Å². The lowest BCUT2D eigenvalue weighted by Crippen LogP contribution is -2.31. The van der Waals surface area contributed by atoms with E-state index in [0.717, 1.165) is 24.2 Å². The van der Waals surface area contributed by atoms with E-state index in [1.54, 1.807) is 0 Å². The molecule has 0 saturated carbocycles. The zero-order valence-corrected chi connectivity index (χ0v) is 9.42. The molecule has 0 aromatic heterocycles. The van der Waals surface area contributed by atoms with Crippen molar-refractivity contribution in [2.24, 2.45) is 0 Å². The first-order chi connectivity index (χ1) is 7.66. The summed E-state index contributed by atoms with van der Waals surface area (Å²) in [6.45, 7) is 0.803. The molecule has 1 unspecified atom stereocenters. The van der Waals surface area contributed by atoms with Gasteiger partial charge >= 0.3 is 5.97 Å². The van der Waals surface area contributed by atoms with Crippen molar-refractivity contribution in [3.05, 3.63) is 28.8 Å². The van der Waals surface area contributed by atoms with Crippen LogP contribution in [0, 0.1) is 0 Å². The van der Waals surface area contributed by atoms with Crippen LogP contribution in [0.15, 0.2) is 18.2 Å². The van der Waals surface area contributed by atoms with Crippen LogP contribution in [0.4, 0.5) is 5.69 Å². The lowest BCUT2D eigenvalue weighted by Gasteiger charge is -2.27. The van der Waals surface area contributed by atoms with E-state index in [-0.39, 0.29) is 12.6 Å². The summed E-state index contributed by atoms with van der Waals surface area (Å²) in [5, 5.41) is 15.6. The van der Waals surface area contributed by atoms with Crippen molar-refractivity contribution in [2.75, 3.05) is 18.4 Å². The van der Waals surface area contributed by atoms with Crippen molar-refractivity contribution in [2.45, 2.75) is 12.5 Å². The van der Waals surface area contributed by atoms with E-state index >= 15 is 0 Å². The minimum Gasteiger partial charge on any atom is -0.480 e. The van der Waals surface area contributed by atoms with Gasteiger partial charge in [0, 0.05) is 23.3 Å². The number of rotatable bonds is 3. The number of benzene rings is 1. The van der Waals surface area contributed by atoms with Crippen molar-refractivity contribution in [3.63, 3.8) is 0 Å². The zero-order chi connectivity index (χ0) is 11.5. The second kappa shape index (κ2) is 4.72. The molecule has 4 nitrogen and oxygen atoms in total. The minimum atomic E-state index is -0.839. The van der Waals surface area contributed by atoms with Gasteiger partial charge in [-0.3, -0.25) is 10.1 Å². The van der Waals surface area contributed by atoms with Crippen LogP contribution in [-0.2, 0) is 4.79 Å². The van der Waals surface area contributed by atoms with Gasteiger partial charge in [0.2, 0.25) is 0 Å². The first kappa shape index (κ1) is 11.2. The van der Waals surface area contributed by atoms with Crippen LogP contribution in [0.5, 0.6) is 0 Å². The molecule has 0 saturated heterocycles. The smallest absolute Gasteiger partial charge is 0.317 e. The Morgan fingerprint density at radius 1 is 1.62 bits per heavy atom. The van der Waals surface area contributed by atoms with Gasteiger partial charge in [0.25, 0.3) is 0 Å². The molecule has 0 bridgehead atoms. The monoisotopic (exact) mass is 240 g/mol. The van der Waals surface area contributed by atoms with Gasteiger partial charge in [-0.1, -0.05) is 17.7 Å². The molecule has 1 atom stereocenters. The molecule has 5 heteroatoms. The standard InChI is InChI=1S/C11H13ClN2O2/c12-7-1-2-8-9(14-6-11(15)16)3-4-13-10(8)5-7/h1-2,5,9,13-14H,3-4,6H2,(H,15,16). The van der Waals surface area contributed by atoms with Crippen LogP contribution in [0.25, 0.3) is 0 Å². The first-order valence-electron chi connectivity index (χ1n) is 5.15. The van der Waals surface area contributed by atoms with E-state index in [1.807, 2.05) is 18.2 Å². The molecule has 0 spiro atoms. The molecule has 0 radical (unpaired) electrons. The Kier molecular flexibility index (Phi) is 3.31. The molecule has 2 rings (SSSR count). The highest BCUT2D eigenvalue weighted by Gasteiger charge is 2.20. The Balaban J connectivity index is 2.16. The van der Waals surface area contributed by atoms with Crippen LogP contribution < -0.4 is 10.6 Å². The summed E-state index contributed by atoms with van der Waals surface area (Å²) in [6, 6.07) is 5.71. The Morgan fingerprint density at radius 2 is 2.44 bits per heavy atom.